The van der Waals surface area contributed by atoms with Crippen molar-refractivity contribution in [2.24, 2.45) is 5.92 Å². The number of benzene rings is 1. The van der Waals surface area contributed by atoms with Gasteiger partial charge >= 0.3 is 5.97 Å². The van der Waals surface area contributed by atoms with Gasteiger partial charge in [0, 0.05) is 12.6 Å². The summed E-state index contributed by atoms with van der Waals surface area (Å²) in [6.07, 6.45) is 0.583. The molecule has 1 aromatic rings. The van der Waals surface area contributed by atoms with Crippen molar-refractivity contribution in [1.82, 2.24) is 5.32 Å². The summed E-state index contributed by atoms with van der Waals surface area (Å²) in [4.78, 5) is 10.8. The Balaban J connectivity index is 2.21. The predicted octanol–water partition coefficient (Wildman–Crippen LogP) is 1.44. The third-order valence-electron chi connectivity index (χ3n) is 3.20. The van der Waals surface area contributed by atoms with Crippen LogP contribution in [0.3, 0.4) is 0 Å². The van der Waals surface area contributed by atoms with Gasteiger partial charge in [-0.05, 0) is 30.5 Å². The Bertz CT molecular complexity index is 417. The van der Waals surface area contributed by atoms with Gasteiger partial charge in [0.2, 0.25) is 0 Å². The lowest BCUT2D eigenvalue weighted by Gasteiger charge is -2.14. The van der Waals surface area contributed by atoms with Gasteiger partial charge in [-0.25, -0.2) is 0 Å². The Morgan fingerprint density at radius 3 is 2.88 bits per heavy atom. The first-order valence-electron chi connectivity index (χ1n) is 5.34. The largest absolute Gasteiger partial charge is 0.508 e. The number of carboxylic acid groups (broad SMARTS) is 1. The first-order valence-corrected chi connectivity index (χ1v) is 5.34. The van der Waals surface area contributed by atoms with Gasteiger partial charge in [-0.2, -0.15) is 0 Å². The fourth-order valence-corrected chi connectivity index (χ4v) is 2.18. The molecule has 1 aliphatic heterocycles. The average Bonchev–Trinajstić information content (AvgIpc) is 2.71. The number of aromatic hydroxyl groups is 1. The second-order valence-corrected chi connectivity index (χ2v) is 4.22. The van der Waals surface area contributed by atoms with E-state index in [9.17, 15) is 9.90 Å². The van der Waals surface area contributed by atoms with Crippen LogP contribution >= 0.6 is 0 Å². The maximum absolute atomic E-state index is 10.8. The van der Waals surface area contributed by atoms with E-state index in [4.69, 9.17) is 5.11 Å². The van der Waals surface area contributed by atoms with Gasteiger partial charge < -0.3 is 15.5 Å². The number of hydrogen-bond acceptors (Lipinski definition) is 3. The Morgan fingerprint density at radius 2 is 2.25 bits per heavy atom. The van der Waals surface area contributed by atoms with E-state index < -0.39 is 5.97 Å². The summed E-state index contributed by atoms with van der Waals surface area (Å²) in [5.74, 6) is -0.822. The molecule has 3 N–H and O–H groups in total. The molecule has 1 saturated heterocycles. The molecule has 0 aromatic heterocycles. The van der Waals surface area contributed by atoms with Crippen LogP contribution < -0.4 is 5.32 Å². The number of nitrogens with one attached hydrogen (secondary N) is 1. The van der Waals surface area contributed by atoms with Crippen molar-refractivity contribution < 1.29 is 15.0 Å². The van der Waals surface area contributed by atoms with Crippen molar-refractivity contribution in [1.29, 1.82) is 0 Å². The maximum Gasteiger partial charge on any atom is 0.307 e. The van der Waals surface area contributed by atoms with Gasteiger partial charge in [0.05, 0.1) is 5.92 Å². The van der Waals surface area contributed by atoms with Crippen LogP contribution in [0.4, 0.5) is 0 Å². The lowest BCUT2D eigenvalue weighted by Crippen LogP contribution is -2.17. The topological polar surface area (TPSA) is 69.6 Å². The van der Waals surface area contributed by atoms with Gasteiger partial charge in [-0.1, -0.05) is 12.1 Å². The van der Waals surface area contributed by atoms with Crippen LogP contribution in [0.25, 0.3) is 0 Å². The zero-order chi connectivity index (χ0) is 11.7. The number of rotatable bonds is 2. The van der Waals surface area contributed by atoms with Gasteiger partial charge in [0.25, 0.3) is 0 Å². The van der Waals surface area contributed by atoms with Crippen LogP contribution in [0.2, 0.25) is 0 Å². The minimum Gasteiger partial charge on any atom is -0.508 e. The number of phenolic OH excluding ortho intramolecular Hbond substituents is 1. The van der Waals surface area contributed by atoms with Crippen LogP contribution in [0, 0.1) is 12.8 Å². The highest BCUT2D eigenvalue weighted by molar-refractivity contribution is 5.70. The molecule has 86 valence electrons. The number of carboxylic acids is 1. The van der Waals surface area contributed by atoms with Crippen molar-refractivity contribution >= 4 is 5.97 Å². The summed E-state index contributed by atoms with van der Waals surface area (Å²) >= 11 is 0. The van der Waals surface area contributed by atoms with E-state index in [-0.39, 0.29) is 17.7 Å². The Hall–Kier alpha value is -1.55. The zero-order valence-electron chi connectivity index (χ0n) is 9.10. The molecule has 1 aromatic carbocycles. The van der Waals surface area contributed by atoms with Crippen molar-refractivity contribution in [2.45, 2.75) is 19.4 Å². The number of carbonyl (C=O) groups is 1. The van der Waals surface area contributed by atoms with Gasteiger partial charge in [-0.3, -0.25) is 4.79 Å². The molecule has 0 aliphatic carbocycles. The van der Waals surface area contributed by atoms with Crippen LogP contribution in [-0.4, -0.2) is 22.7 Å². The van der Waals surface area contributed by atoms with Crippen molar-refractivity contribution in [3.63, 3.8) is 0 Å². The zero-order valence-corrected chi connectivity index (χ0v) is 9.10. The first-order chi connectivity index (χ1) is 7.59. The van der Waals surface area contributed by atoms with Crippen molar-refractivity contribution in [3.05, 3.63) is 29.3 Å². The molecule has 0 bridgehead atoms. The fraction of sp³-hybridized carbons (Fsp3) is 0.417. The predicted molar refractivity (Wildman–Crippen MR) is 59.3 cm³/mol. The van der Waals surface area contributed by atoms with E-state index in [1.807, 2.05) is 13.0 Å². The number of hydrogen-bond donors (Lipinski definition) is 3. The smallest absolute Gasteiger partial charge is 0.307 e. The third kappa shape index (κ3) is 1.88. The Kier molecular flexibility index (Phi) is 2.83. The molecule has 4 nitrogen and oxygen atoms in total. The van der Waals surface area contributed by atoms with Crippen LogP contribution in [0.1, 0.15) is 23.6 Å². The molecular weight excluding hydrogens is 206 g/mol. The molecular formula is C12H15NO3. The highest BCUT2D eigenvalue weighted by Crippen LogP contribution is 2.32. The van der Waals surface area contributed by atoms with Crippen LogP contribution in [0.5, 0.6) is 5.75 Å². The average molecular weight is 221 g/mol. The third-order valence-corrected chi connectivity index (χ3v) is 3.20. The van der Waals surface area contributed by atoms with E-state index in [2.05, 4.69) is 5.32 Å². The number of phenols is 1. The van der Waals surface area contributed by atoms with Gasteiger partial charge in [0.15, 0.2) is 0 Å². The summed E-state index contributed by atoms with van der Waals surface area (Å²) < 4.78 is 0. The van der Waals surface area contributed by atoms with E-state index in [1.165, 1.54) is 0 Å². The van der Waals surface area contributed by atoms with Gasteiger partial charge in [-0.15, -0.1) is 0 Å². The molecule has 0 spiro atoms. The molecule has 0 radical (unpaired) electrons. The molecule has 2 rings (SSSR count). The fourth-order valence-electron chi connectivity index (χ4n) is 2.18. The first kappa shape index (κ1) is 11.0. The van der Waals surface area contributed by atoms with Crippen molar-refractivity contribution in [2.75, 3.05) is 6.54 Å². The summed E-state index contributed by atoms with van der Waals surface area (Å²) in [7, 11) is 0. The summed E-state index contributed by atoms with van der Waals surface area (Å²) in [6.45, 7) is 2.34. The Morgan fingerprint density at radius 1 is 1.50 bits per heavy atom. The quantitative estimate of drug-likeness (QED) is 0.706. The van der Waals surface area contributed by atoms with Crippen LogP contribution in [-0.2, 0) is 4.79 Å². The summed E-state index contributed by atoms with van der Waals surface area (Å²) in [5, 5.41) is 21.7. The summed E-state index contributed by atoms with van der Waals surface area (Å²) in [5.41, 5.74) is 1.81. The van der Waals surface area contributed by atoms with E-state index >= 15 is 0 Å². The molecule has 4 heteroatoms. The highest BCUT2D eigenvalue weighted by atomic mass is 16.4. The number of aliphatic carboxylic acids is 1. The van der Waals surface area contributed by atoms with Crippen molar-refractivity contribution in [3.8, 4) is 5.75 Å². The molecule has 0 amide bonds. The summed E-state index contributed by atoms with van der Waals surface area (Å²) in [6, 6.07) is 5.39. The second kappa shape index (κ2) is 4.14. The minimum absolute atomic E-state index is 0.0354. The molecule has 1 heterocycles. The normalized spacial score (nSPS) is 24.6. The van der Waals surface area contributed by atoms with Gasteiger partial charge in [0.1, 0.15) is 5.75 Å². The molecule has 1 aliphatic rings. The SMILES string of the molecule is Cc1c(O)cccc1C1CC(C(=O)O)CN1. The monoisotopic (exact) mass is 221 g/mol. The standard InChI is InChI=1S/C12H15NO3/c1-7-9(3-2-4-11(7)14)10-5-8(6-13-10)12(15)16/h2-4,8,10,13-14H,5-6H2,1H3,(H,15,16). The minimum atomic E-state index is -0.757. The highest BCUT2D eigenvalue weighted by Gasteiger charge is 2.30. The molecule has 2 atom stereocenters. The van der Waals surface area contributed by atoms with E-state index in [0.717, 1.165) is 11.1 Å². The van der Waals surface area contributed by atoms with E-state index in [1.54, 1.807) is 12.1 Å². The lowest BCUT2D eigenvalue weighted by molar-refractivity contribution is -0.141. The second-order valence-electron chi connectivity index (χ2n) is 4.22. The molecule has 1 fully saturated rings. The van der Waals surface area contributed by atoms with E-state index in [0.29, 0.717) is 13.0 Å². The maximum atomic E-state index is 10.8. The Labute approximate surface area is 93.9 Å². The molecule has 2 unspecified atom stereocenters. The van der Waals surface area contributed by atoms with Crippen LogP contribution in [0.15, 0.2) is 18.2 Å². The molecule has 16 heavy (non-hydrogen) atoms. The molecule has 0 saturated carbocycles. The lowest BCUT2D eigenvalue weighted by atomic mass is 9.96.